The maximum atomic E-state index is 8.91. The zero-order valence-corrected chi connectivity index (χ0v) is 7.16. The molecule has 1 rings (SSSR count). The van der Waals surface area contributed by atoms with Gasteiger partial charge in [0.05, 0.1) is 9.52 Å². The Balaban J connectivity index is 2.78. The highest BCUT2D eigenvalue weighted by molar-refractivity contribution is 6.58. The van der Waals surface area contributed by atoms with E-state index in [1.165, 1.54) is 5.19 Å². The van der Waals surface area contributed by atoms with Crippen molar-refractivity contribution in [2.45, 2.75) is 0 Å². The molecule has 0 aromatic heterocycles. The Bertz CT molecular complexity index is 215. The summed E-state index contributed by atoms with van der Waals surface area (Å²) in [5.74, 6) is 0.335. The summed E-state index contributed by atoms with van der Waals surface area (Å²) in [4.78, 5) is 0. The summed E-state index contributed by atoms with van der Waals surface area (Å²) in [5, 5.41) is 10.2. The van der Waals surface area contributed by atoms with Gasteiger partial charge in [0.25, 0.3) is 0 Å². The summed E-state index contributed by atoms with van der Waals surface area (Å²) in [5.41, 5.74) is 1.98. The van der Waals surface area contributed by atoms with Gasteiger partial charge in [0.15, 0.2) is 0 Å². The molecule has 0 aliphatic carbocycles. The minimum absolute atomic E-state index is 0.264. The van der Waals surface area contributed by atoms with Crippen molar-refractivity contribution in [3.05, 3.63) is 36.5 Å². The Labute approximate surface area is 62.8 Å². The van der Waals surface area contributed by atoms with Gasteiger partial charge < -0.3 is 5.11 Å². The second-order valence-electron chi connectivity index (χ2n) is 2.16. The normalized spacial score (nSPS) is 10.4. The Kier molecular flexibility index (Phi) is 2.28. The highest BCUT2D eigenvalue weighted by Gasteiger charge is 1.88. The van der Waals surface area contributed by atoms with Gasteiger partial charge >= 0.3 is 0 Å². The van der Waals surface area contributed by atoms with Gasteiger partial charge in [-0.15, -0.1) is 12.3 Å². The fourth-order valence-corrected chi connectivity index (χ4v) is 1.64. The number of benzene rings is 1. The molecule has 1 nitrogen and oxygen atoms in total. The average molecular weight is 150 g/mol. The van der Waals surface area contributed by atoms with Crippen molar-refractivity contribution >= 4 is 14.7 Å². The molecular formula is C8H10OSi. The minimum atomic E-state index is -0.264. The van der Waals surface area contributed by atoms with E-state index in [0.29, 0.717) is 5.75 Å². The Morgan fingerprint density at radius 2 is 1.90 bits per heavy atom. The average Bonchev–Trinajstić information content (AvgIpc) is 1.95. The van der Waals surface area contributed by atoms with Gasteiger partial charge in [-0.1, -0.05) is 17.3 Å². The first kappa shape index (κ1) is 7.09. The van der Waals surface area contributed by atoms with Crippen molar-refractivity contribution < 1.29 is 5.11 Å². The number of phenolic OH excluding ortho intramolecular Hbond substituents is 1. The van der Waals surface area contributed by atoms with E-state index < -0.39 is 0 Å². The second-order valence-corrected chi connectivity index (χ2v) is 3.96. The molecule has 0 aliphatic heterocycles. The summed E-state index contributed by atoms with van der Waals surface area (Å²) in [6.45, 7) is 3.68. The van der Waals surface area contributed by atoms with Gasteiger partial charge in [-0.2, -0.15) is 0 Å². The zero-order chi connectivity index (χ0) is 7.40. The first-order chi connectivity index (χ1) is 4.83. The fraction of sp³-hybridized carbons (Fsp3) is 0. The van der Waals surface area contributed by atoms with Crippen molar-refractivity contribution in [1.29, 1.82) is 0 Å². The third-order valence-corrected chi connectivity index (χ3v) is 2.55. The molecule has 0 bridgehead atoms. The molecule has 0 amide bonds. The van der Waals surface area contributed by atoms with Crippen LogP contribution in [0, 0.1) is 0 Å². The Hall–Kier alpha value is -1.02. The van der Waals surface area contributed by atoms with Crippen molar-refractivity contribution in [3.8, 4) is 5.75 Å². The van der Waals surface area contributed by atoms with E-state index >= 15 is 0 Å². The first-order valence-electron chi connectivity index (χ1n) is 3.22. The maximum absolute atomic E-state index is 8.91. The van der Waals surface area contributed by atoms with E-state index in [9.17, 15) is 0 Å². The molecule has 52 valence electrons. The largest absolute Gasteiger partial charge is 0.508 e. The summed E-state index contributed by atoms with van der Waals surface area (Å²) in [6.07, 6.45) is 0. The lowest BCUT2D eigenvalue weighted by atomic mass is 10.3. The van der Waals surface area contributed by atoms with Crippen LogP contribution in [0.3, 0.4) is 0 Å². The molecule has 0 spiro atoms. The molecule has 0 saturated heterocycles. The van der Waals surface area contributed by atoms with Crippen LogP contribution >= 0.6 is 0 Å². The van der Waals surface area contributed by atoms with Crippen LogP contribution in [0.4, 0.5) is 0 Å². The third kappa shape index (κ3) is 1.74. The van der Waals surface area contributed by atoms with Crippen LogP contribution in [0.2, 0.25) is 0 Å². The van der Waals surface area contributed by atoms with Crippen LogP contribution in [-0.2, 0) is 0 Å². The smallest absolute Gasteiger partial charge is 0.115 e. The van der Waals surface area contributed by atoms with Gasteiger partial charge in [-0.3, -0.25) is 0 Å². The molecule has 10 heavy (non-hydrogen) atoms. The predicted octanol–water partition coefficient (Wildman–Crippen LogP) is 0.330. The molecule has 1 aromatic rings. The zero-order valence-electron chi connectivity index (χ0n) is 5.75. The van der Waals surface area contributed by atoms with Crippen LogP contribution in [0.15, 0.2) is 36.5 Å². The molecule has 2 heteroatoms. The summed E-state index contributed by atoms with van der Waals surface area (Å²) in [6, 6.07) is 7.32. The Morgan fingerprint density at radius 3 is 2.40 bits per heavy atom. The van der Waals surface area contributed by atoms with Crippen LogP contribution < -0.4 is 5.19 Å². The molecule has 0 unspecified atom stereocenters. The van der Waals surface area contributed by atoms with E-state index in [1.54, 1.807) is 12.1 Å². The lowest BCUT2D eigenvalue weighted by Gasteiger charge is -1.94. The molecular weight excluding hydrogens is 140 g/mol. The molecule has 0 aliphatic rings. The van der Waals surface area contributed by atoms with E-state index in [2.05, 4.69) is 6.58 Å². The van der Waals surface area contributed by atoms with Crippen molar-refractivity contribution in [3.63, 3.8) is 0 Å². The van der Waals surface area contributed by atoms with Crippen molar-refractivity contribution in [1.82, 2.24) is 0 Å². The van der Waals surface area contributed by atoms with Crippen LogP contribution in [0.5, 0.6) is 5.75 Å². The van der Waals surface area contributed by atoms with Crippen LogP contribution in [0.25, 0.3) is 0 Å². The Morgan fingerprint density at radius 1 is 1.30 bits per heavy atom. The number of phenols is 1. The van der Waals surface area contributed by atoms with Gasteiger partial charge in [0.1, 0.15) is 5.75 Å². The van der Waals surface area contributed by atoms with Crippen molar-refractivity contribution in [2.24, 2.45) is 0 Å². The highest BCUT2D eigenvalue weighted by Crippen LogP contribution is 2.02. The molecule has 0 fully saturated rings. The number of aromatic hydroxyl groups is 1. The molecule has 0 atom stereocenters. The number of hydrogen-bond acceptors (Lipinski definition) is 1. The van der Waals surface area contributed by atoms with E-state index in [4.69, 9.17) is 5.11 Å². The first-order valence-corrected chi connectivity index (χ1v) is 4.74. The number of rotatable bonds is 2. The maximum Gasteiger partial charge on any atom is 0.115 e. The van der Waals surface area contributed by atoms with Gasteiger partial charge in [0, 0.05) is 0 Å². The summed E-state index contributed by atoms with van der Waals surface area (Å²) in [7, 11) is -0.264. The fourth-order valence-electron chi connectivity index (χ4n) is 0.799. The minimum Gasteiger partial charge on any atom is -0.508 e. The summed E-state index contributed by atoms with van der Waals surface area (Å²) < 4.78 is 0. The van der Waals surface area contributed by atoms with Gasteiger partial charge in [-0.05, 0) is 12.1 Å². The number of hydrogen-bond donors (Lipinski definition) is 1. The predicted molar refractivity (Wildman–Crippen MR) is 46.5 cm³/mol. The molecule has 0 radical (unpaired) electrons. The van der Waals surface area contributed by atoms with E-state index in [-0.39, 0.29) is 9.52 Å². The second kappa shape index (κ2) is 3.22. The van der Waals surface area contributed by atoms with Crippen LogP contribution in [-0.4, -0.2) is 14.6 Å². The monoisotopic (exact) mass is 150 g/mol. The molecule has 1 N–H and O–H groups in total. The van der Waals surface area contributed by atoms with Crippen molar-refractivity contribution in [2.75, 3.05) is 0 Å². The van der Waals surface area contributed by atoms with Gasteiger partial charge in [-0.25, -0.2) is 0 Å². The SMILES string of the molecule is C=C[SiH2]c1ccc(O)cc1. The van der Waals surface area contributed by atoms with Crippen LogP contribution in [0.1, 0.15) is 0 Å². The quantitative estimate of drug-likeness (QED) is 0.602. The molecule has 0 saturated carbocycles. The third-order valence-electron chi connectivity index (χ3n) is 1.32. The van der Waals surface area contributed by atoms with E-state index in [0.717, 1.165) is 0 Å². The molecule has 0 heterocycles. The summed E-state index contributed by atoms with van der Waals surface area (Å²) >= 11 is 0. The standard InChI is InChI=1S/C8H10OSi/c1-2-10-8-5-3-7(9)4-6-8/h2-6,9H,1,10H2. The van der Waals surface area contributed by atoms with Gasteiger partial charge in [0.2, 0.25) is 0 Å². The van der Waals surface area contributed by atoms with E-state index in [1.807, 2.05) is 17.8 Å². The topological polar surface area (TPSA) is 20.2 Å². The lowest BCUT2D eigenvalue weighted by Crippen LogP contribution is -2.09. The highest BCUT2D eigenvalue weighted by atomic mass is 28.2. The lowest BCUT2D eigenvalue weighted by molar-refractivity contribution is 0.475. The molecule has 1 aromatic carbocycles.